The van der Waals surface area contributed by atoms with Crippen LogP contribution < -0.4 is 10.6 Å². The van der Waals surface area contributed by atoms with Crippen molar-refractivity contribution in [2.24, 2.45) is 0 Å². The maximum Gasteiger partial charge on any atom is 0.408 e. The van der Waals surface area contributed by atoms with E-state index in [1.165, 1.54) is 0 Å². The lowest BCUT2D eigenvalue weighted by molar-refractivity contribution is -0.118. The van der Waals surface area contributed by atoms with Gasteiger partial charge in [-0.05, 0) is 32.4 Å². The van der Waals surface area contributed by atoms with Crippen LogP contribution in [0.2, 0.25) is 10.0 Å². The van der Waals surface area contributed by atoms with Gasteiger partial charge in [0, 0.05) is 6.54 Å². The first kappa shape index (κ1) is 19.9. The van der Waals surface area contributed by atoms with Gasteiger partial charge in [-0.2, -0.15) is 0 Å². The standard InChI is InChI=1S/C15H19Cl3N2O3/c1-15(2,3)23-14(22)20-11(8-19-12(21)7-16)9-5-4-6-10(17)13(9)18/h4-6,11H,7-8H2,1-3H3,(H,19,21)(H,20,22). The van der Waals surface area contributed by atoms with Crippen LogP contribution in [-0.4, -0.2) is 30.0 Å². The average molecular weight is 382 g/mol. The van der Waals surface area contributed by atoms with Crippen molar-refractivity contribution in [3.63, 3.8) is 0 Å². The molecule has 0 aromatic heterocycles. The second-order valence-electron chi connectivity index (χ2n) is 5.78. The maximum absolute atomic E-state index is 12.0. The summed E-state index contributed by atoms with van der Waals surface area (Å²) in [5.74, 6) is -0.539. The van der Waals surface area contributed by atoms with E-state index in [0.717, 1.165) is 0 Å². The summed E-state index contributed by atoms with van der Waals surface area (Å²) in [4.78, 5) is 23.4. The number of benzene rings is 1. The number of hydrogen-bond donors (Lipinski definition) is 2. The molecule has 0 fully saturated rings. The third kappa shape index (κ3) is 6.85. The smallest absolute Gasteiger partial charge is 0.408 e. The number of halogens is 3. The molecule has 128 valence electrons. The van der Waals surface area contributed by atoms with Crippen LogP contribution in [0.1, 0.15) is 32.4 Å². The SMILES string of the molecule is CC(C)(C)OC(=O)NC(CNC(=O)CCl)c1cccc(Cl)c1Cl. The molecular weight excluding hydrogens is 363 g/mol. The Kier molecular flexibility index (Phi) is 7.45. The topological polar surface area (TPSA) is 67.4 Å². The summed E-state index contributed by atoms with van der Waals surface area (Å²) in [5, 5.41) is 5.93. The molecule has 0 radical (unpaired) electrons. The number of alkyl halides is 1. The van der Waals surface area contributed by atoms with Crippen LogP contribution in [0.5, 0.6) is 0 Å². The summed E-state index contributed by atoms with van der Waals surface area (Å²) < 4.78 is 5.23. The van der Waals surface area contributed by atoms with Gasteiger partial charge in [0.1, 0.15) is 11.5 Å². The fraction of sp³-hybridized carbons (Fsp3) is 0.467. The zero-order valence-corrected chi connectivity index (χ0v) is 15.4. The Hall–Kier alpha value is -1.17. The average Bonchev–Trinajstić information content (AvgIpc) is 2.44. The molecule has 2 N–H and O–H groups in total. The lowest BCUT2D eigenvalue weighted by atomic mass is 10.1. The predicted molar refractivity (Wildman–Crippen MR) is 92.3 cm³/mol. The molecule has 1 rings (SSSR count). The van der Waals surface area contributed by atoms with Crippen molar-refractivity contribution in [2.45, 2.75) is 32.4 Å². The summed E-state index contributed by atoms with van der Waals surface area (Å²) in [6.07, 6.45) is -0.626. The normalized spacial score (nSPS) is 12.4. The van der Waals surface area contributed by atoms with Crippen molar-refractivity contribution in [3.05, 3.63) is 33.8 Å². The number of carbonyl (C=O) groups excluding carboxylic acids is 2. The van der Waals surface area contributed by atoms with Gasteiger partial charge >= 0.3 is 6.09 Å². The van der Waals surface area contributed by atoms with E-state index in [2.05, 4.69) is 10.6 Å². The fourth-order valence-corrected chi connectivity index (χ4v) is 2.28. The second kappa shape index (κ2) is 8.62. The number of ether oxygens (including phenoxy) is 1. The molecule has 5 nitrogen and oxygen atoms in total. The molecule has 0 bridgehead atoms. The third-order valence-corrected chi connectivity index (χ3v) is 3.75. The number of alkyl carbamates (subject to hydrolysis) is 1. The van der Waals surface area contributed by atoms with Gasteiger partial charge in [-0.1, -0.05) is 35.3 Å². The minimum atomic E-state index is -0.647. The van der Waals surface area contributed by atoms with E-state index in [1.807, 2.05) is 0 Å². The van der Waals surface area contributed by atoms with Gasteiger partial charge in [-0.3, -0.25) is 4.79 Å². The Morgan fingerprint density at radius 1 is 1.26 bits per heavy atom. The zero-order chi connectivity index (χ0) is 17.6. The highest BCUT2D eigenvalue weighted by Gasteiger charge is 2.23. The van der Waals surface area contributed by atoms with Crippen molar-refractivity contribution in [3.8, 4) is 0 Å². The molecule has 23 heavy (non-hydrogen) atoms. The van der Waals surface area contributed by atoms with Gasteiger partial charge in [0.15, 0.2) is 0 Å². The van der Waals surface area contributed by atoms with Crippen molar-refractivity contribution in [2.75, 3.05) is 12.4 Å². The van der Waals surface area contributed by atoms with Crippen LogP contribution in [0.3, 0.4) is 0 Å². The Bertz CT molecular complexity index is 574. The van der Waals surface area contributed by atoms with E-state index in [9.17, 15) is 9.59 Å². The van der Waals surface area contributed by atoms with Crippen LogP contribution >= 0.6 is 34.8 Å². The predicted octanol–water partition coefficient (Wildman–Crippen LogP) is 3.91. The molecule has 0 heterocycles. The number of nitrogens with one attached hydrogen (secondary N) is 2. The number of amides is 2. The van der Waals surface area contributed by atoms with Crippen molar-refractivity contribution >= 4 is 46.8 Å². The summed E-state index contributed by atoms with van der Waals surface area (Å²) >= 11 is 17.7. The minimum absolute atomic E-state index is 0.102. The highest BCUT2D eigenvalue weighted by molar-refractivity contribution is 6.42. The fourth-order valence-electron chi connectivity index (χ4n) is 1.74. The Morgan fingerprint density at radius 3 is 2.48 bits per heavy atom. The Labute approximate surface area is 150 Å². The van der Waals surface area contributed by atoms with E-state index in [4.69, 9.17) is 39.5 Å². The molecule has 8 heteroatoms. The van der Waals surface area contributed by atoms with Gasteiger partial charge in [0.05, 0.1) is 16.1 Å². The van der Waals surface area contributed by atoms with E-state index in [1.54, 1.807) is 39.0 Å². The van der Waals surface area contributed by atoms with Gasteiger partial charge < -0.3 is 15.4 Å². The van der Waals surface area contributed by atoms with Crippen LogP contribution in [0.15, 0.2) is 18.2 Å². The monoisotopic (exact) mass is 380 g/mol. The van der Waals surface area contributed by atoms with Crippen LogP contribution in [0.25, 0.3) is 0 Å². The first-order valence-electron chi connectivity index (χ1n) is 6.90. The molecule has 0 spiro atoms. The maximum atomic E-state index is 12.0. The molecule has 0 saturated heterocycles. The highest BCUT2D eigenvalue weighted by Crippen LogP contribution is 2.30. The second-order valence-corrected chi connectivity index (χ2v) is 6.83. The van der Waals surface area contributed by atoms with Crippen molar-refractivity contribution in [1.82, 2.24) is 10.6 Å². The third-order valence-electron chi connectivity index (χ3n) is 2.67. The summed E-state index contributed by atoms with van der Waals surface area (Å²) in [6.45, 7) is 5.36. The number of hydrogen-bond acceptors (Lipinski definition) is 3. The molecule has 1 aromatic carbocycles. The molecule has 2 amide bonds. The zero-order valence-electron chi connectivity index (χ0n) is 13.1. The molecule has 0 saturated carbocycles. The van der Waals surface area contributed by atoms with E-state index in [0.29, 0.717) is 15.6 Å². The summed E-state index contributed by atoms with van der Waals surface area (Å²) in [5.41, 5.74) is -0.0773. The lowest BCUT2D eigenvalue weighted by Crippen LogP contribution is -2.40. The first-order valence-corrected chi connectivity index (χ1v) is 8.19. The van der Waals surface area contributed by atoms with Crippen molar-refractivity contribution < 1.29 is 14.3 Å². The number of rotatable bonds is 5. The van der Waals surface area contributed by atoms with E-state index < -0.39 is 17.7 Å². The molecule has 0 aliphatic rings. The van der Waals surface area contributed by atoms with E-state index in [-0.39, 0.29) is 18.3 Å². The van der Waals surface area contributed by atoms with Gasteiger partial charge in [-0.15, -0.1) is 11.6 Å². The van der Waals surface area contributed by atoms with E-state index >= 15 is 0 Å². The lowest BCUT2D eigenvalue weighted by Gasteiger charge is -2.24. The number of carbonyl (C=O) groups is 2. The molecule has 1 unspecified atom stereocenters. The van der Waals surface area contributed by atoms with Crippen LogP contribution in [0, 0.1) is 0 Å². The Morgan fingerprint density at radius 2 is 1.91 bits per heavy atom. The first-order chi connectivity index (χ1) is 10.6. The van der Waals surface area contributed by atoms with Crippen LogP contribution in [0.4, 0.5) is 4.79 Å². The summed E-state index contributed by atoms with van der Waals surface area (Å²) in [7, 11) is 0. The van der Waals surface area contributed by atoms with Gasteiger partial charge in [0.25, 0.3) is 0 Å². The Balaban J connectivity index is 2.95. The highest BCUT2D eigenvalue weighted by atomic mass is 35.5. The molecule has 0 aliphatic carbocycles. The minimum Gasteiger partial charge on any atom is -0.444 e. The van der Waals surface area contributed by atoms with Gasteiger partial charge in [0.2, 0.25) is 5.91 Å². The quantitative estimate of drug-likeness (QED) is 0.760. The largest absolute Gasteiger partial charge is 0.444 e. The summed E-state index contributed by atoms with van der Waals surface area (Å²) in [6, 6.07) is 4.44. The van der Waals surface area contributed by atoms with Crippen LogP contribution in [-0.2, 0) is 9.53 Å². The van der Waals surface area contributed by atoms with Crippen molar-refractivity contribution in [1.29, 1.82) is 0 Å². The molecule has 0 aliphatic heterocycles. The molecule has 1 aromatic rings. The van der Waals surface area contributed by atoms with Gasteiger partial charge in [-0.25, -0.2) is 4.79 Å². The molecular formula is C15H19Cl3N2O3. The molecule has 1 atom stereocenters.